The molecule has 3 N–H and O–H groups in total. The highest BCUT2D eigenvalue weighted by molar-refractivity contribution is 6.02. The fourth-order valence-electron chi connectivity index (χ4n) is 2.44. The summed E-state index contributed by atoms with van der Waals surface area (Å²) < 4.78 is 13.5. The largest absolute Gasteiger partial charge is 0.273 e. The van der Waals surface area contributed by atoms with E-state index in [1.54, 1.807) is 0 Å². The average Bonchev–Trinajstić information content (AvgIpc) is 2.68. The van der Waals surface area contributed by atoms with Crippen LogP contribution in [0.5, 0.6) is 0 Å². The van der Waals surface area contributed by atoms with Crippen LogP contribution in [0, 0.1) is 5.82 Å². The molecule has 0 unspecified atom stereocenters. The second-order valence-corrected chi connectivity index (χ2v) is 5.70. The summed E-state index contributed by atoms with van der Waals surface area (Å²) in [6.07, 6.45) is 0.244. The van der Waals surface area contributed by atoms with Crippen molar-refractivity contribution < 1.29 is 23.6 Å². The SMILES string of the molecule is O=C1CCC(=O)N(c2ccc(C(=O)NNC(=O)c3ccccc3F)cc2)N1. The molecule has 0 radical (unpaired) electrons. The lowest BCUT2D eigenvalue weighted by Crippen LogP contribution is -2.50. The Morgan fingerprint density at radius 1 is 0.926 bits per heavy atom. The molecule has 0 atom stereocenters. The molecule has 27 heavy (non-hydrogen) atoms. The second-order valence-electron chi connectivity index (χ2n) is 5.70. The van der Waals surface area contributed by atoms with Gasteiger partial charge in [-0.3, -0.25) is 35.5 Å². The Morgan fingerprint density at radius 2 is 1.59 bits per heavy atom. The van der Waals surface area contributed by atoms with Crippen LogP contribution in [0.1, 0.15) is 33.6 Å². The fourth-order valence-corrected chi connectivity index (χ4v) is 2.44. The first-order chi connectivity index (χ1) is 13.0. The third kappa shape index (κ3) is 4.09. The molecule has 4 amide bonds. The van der Waals surface area contributed by atoms with Crippen molar-refractivity contribution in [3.05, 3.63) is 65.5 Å². The second kappa shape index (κ2) is 7.65. The number of hydrazine groups is 2. The van der Waals surface area contributed by atoms with E-state index in [0.717, 1.165) is 11.1 Å². The summed E-state index contributed by atoms with van der Waals surface area (Å²) >= 11 is 0. The van der Waals surface area contributed by atoms with Gasteiger partial charge in [-0.05, 0) is 36.4 Å². The number of halogens is 1. The maximum atomic E-state index is 13.5. The molecule has 0 spiro atoms. The molecule has 2 aromatic rings. The molecule has 0 saturated carbocycles. The van der Waals surface area contributed by atoms with Gasteiger partial charge in [0.1, 0.15) is 5.82 Å². The Hall–Kier alpha value is -3.75. The van der Waals surface area contributed by atoms with Gasteiger partial charge in [0.05, 0.1) is 11.3 Å². The van der Waals surface area contributed by atoms with E-state index in [9.17, 15) is 23.6 Å². The molecule has 0 bridgehead atoms. The standard InChI is InChI=1S/C18H15FN4O4/c19-14-4-2-1-3-13(14)18(27)21-20-17(26)11-5-7-12(8-6-11)23-16(25)10-9-15(24)22-23/h1-8H,9-10H2,(H,20,26)(H,21,27)(H,22,24). The molecular formula is C18H15FN4O4. The van der Waals surface area contributed by atoms with Gasteiger partial charge in [0.2, 0.25) is 11.8 Å². The quantitative estimate of drug-likeness (QED) is 0.702. The van der Waals surface area contributed by atoms with E-state index in [1.807, 2.05) is 0 Å². The van der Waals surface area contributed by atoms with E-state index in [0.29, 0.717) is 5.69 Å². The lowest BCUT2D eigenvalue weighted by Gasteiger charge is -2.27. The minimum absolute atomic E-state index is 0.107. The number of hydrogen-bond donors (Lipinski definition) is 3. The lowest BCUT2D eigenvalue weighted by atomic mass is 10.1. The van der Waals surface area contributed by atoms with Crippen LogP contribution >= 0.6 is 0 Å². The first-order valence-corrected chi connectivity index (χ1v) is 8.03. The van der Waals surface area contributed by atoms with Gasteiger partial charge in [0.15, 0.2) is 0 Å². The maximum absolute atomic E-state index is 13.5. The molecular weight excluding hydrogens is 355 g/mol. The van der Waals surface area contributed by atoms with Gasteiger partial charge < -0.3 is 0 Å². The molecule has 8 nitrogen and oxygen atoms in total. The van der Waals surface area contributed by atoms with Crippen LogP contribution in [0.4, 0.5) is 10.1 Å². The smallest absolute Gasteiger partial charge is 0.272 e. The summed E-state index contributed by atoms with van der Waals surface area (Å²) in [5.74, 6) is -2.65. The van der Waals surface area contributed by atoms with Crippen LogP contribution in [-0.2, 0) is 9.59 Å². The summed E-state index contributed by atoms with van der Waals surface area (Å²) in [5, 5.41) is 1.12. The molecule has 0 aromatic heterocycles. The Morgan fingerprint density at radius 3 is 2.30 bits per heavy atom. The minimum atomic E-state index is -0.792. The minimum Gasteiger partial charge on any atom is -0.273 e. The van der Waals surface area contributed by atoms with Gasteiger partial charge in [-0.1, -0.05) is 12.1 Å². The molecule has 1 aliphatic rings. The molecule has 2 aromatic carbocycles. The topological polar surface area (TPSA) is 108 Å². The first-order valence-electron chi connectivity index (χ1n) is 8.03. The number of amides is 4. The molecule has 9 heteroatoms. The Bertz CT molecular complexity index is 914. The van der Waals surface area contributed by atoms with E-state index in [-0.39, 0.29) is 35.8 Å². The number of anilines is 1. The van der Waals surface area contributed by atoms with E-state index >= 15 is 0 Å². The number of benzene rings is 2. The zero-order valence-electron chi connectivity index (χ0n) is 14.0. The van der Waals surface area contributed by atoms with Crippen molar-refractivity contribution >= 4 is 29.3 Å². The van der Waals surface area contributed by atoms with Crippen LogP contribution in [0.15, 0.2) is 48.5 Å². The van der Waals surface area contributed by atoms with Gasteiger partial charge in [-0.2, -0.15) is 0 Å². The monoisotopic (exact) mass is 370 g/mol. The molecule has 138 valence electrons. The molecule has 1 aliphatic heterocycles. The van der Waals surface area contributed by atoms with E-state index < -0.39 is 17.6 Å². The van der Waals surface area contributed by atoms with Crippen LogP contribution < -0.4 is 21.3 Å². The molecule has 1 heterocycles. The number of carbonyl (C=O) groups is 4. The number of nitrogens with one attached hydrogen (secondary N) is 3. The van der Waals surface area contributed by atoms with Gasteiger partial charge in [0, 0.05) is 18.4 Å². The molecule has 1 saturated heterocycles. The lowest BCUT2D eigenvalue weighted by molar-refractivity contribution is -0.130. The van der Waals surface area contributed by atoms with Crippen molar-refractivity contribution in [3.63, 3.8) is 0 Å². The predicted molar refractivity (Wildman–Crippen MR) is 92.6 cm³/mol. The zero-order chi connectivity index (χ0) is 19.4. The van der Waals surface area contributed by atoms with Crippen molar-refractivity contribution in [3.8, 4) is 0 Å². The fraction of sp³-hybridized carbons (Fsp3) is 0.111. The van der Waals surface area contributed by atoms with Crippen LogP contribution in [0.25, 0.3) is 0 Å². The highest BCUT2D eigenvalue weighted by Crippen LogP contribution is 2.17. The average molecular weight is 370 g/mol. The van der Waals surface area contributed by atoms with Crippen LogP contribution in [0.2, 0.25) is 0 Å². The van der Waals surface area contributed by atoms with Crippen molar-refractivity contribution in [2.75, 3.05) is 5.01 Å². The van der Waals surface area contributed by atoms with E-state index in [4.69, 9.17) is 0 Å². The van der Waals surface area contributed by atoms with Gasteiger partial charge in [-0.15, -0.1) is 0 Å². The summed E-state index contributed by atoms with van der Waals surface area (Å²) in [7, 11) is 0. The number of rotatable bonds is 3. The third-order valence-electron chi connectivity index (χ3n) is 3.85. The van der Waals surface area contributed by atoms with E-state index in [1.165, 1.54) is 42.5 Å². The van der Waals surface area contributed by atoms with E-state index in [2.05, 4.69) is 16.3 Å². The van der Waals surface area contributed by atoms with Crippen molar-refractivity contribution in [2.45, 2.75) is 12.8 Å². The molecule has 0 aliphatic carbocycles. The normalized spacial score (nSPS) is 13.7. The number of nitrogens with zero attached hydrogens (tertiary/aromatic N) is 1. The van der Waals surface area contributed by atoms with Crippen molar-refractivity contribution in [2.24, 2.45) is 0 Å². The first kappa shape index (κ1) is 18.1. The summed E-state index contributed by atoms with van der Waals surface area (Å²) in [4.78, 5) is 47.3. The van der Waals surface area contributed by atoms with Crippen molar-refractivity contribution in [1.29, 1.82) is 0 Å². The Kier molecular flexibility index (Phi) is 5.11. The Balaban J connectivity index is 1.62. The van der Waals surface area contributed by atoms with Gasteiger partial charge in [0.25, 0.3) is 11.8 Å². The van der Waals surface area contributed by atoms with Crippen molar-refractivity contribution in [1.82, 2.24) is 16.3 Å². The molecule has 3 rings (SSSR count). The molecule has 1 fully saturated rings. The maximum Gasteiger partial charge on any atom is 0.272 e. The zero-order valence-corrected chi connectivity index (χ0v) is 14.0. The number of hydrogen-bond acceptors (Lipinski definition) is 4. The summed E-state index contributed by atoms with van der Waals surface area (Å²) in [5.41, 5.74) is 7.16. The number of carbonyl (C=O) groups excluding carboxylic acids is 4. The highest BCUT2D eigenvalue weighted by atomic mass is 19.1. The van der Waals surface area contributed by atoms with Gasteiger partial charge in [-0.25, -0.2) is 9.40 Å². The highest BCUT2D eigenvalue weighted by Gasteiger charge is 2.24. The van der Waals surface area contributed by atoms with Gasteiger partial charge >= 0.3 is 0 Å². The summed E-state index contributed by atoms with van der Waals surface area (Å²) in [6.45, 7) is 0. The van der Waals surface area contributed by atoms with Crippen LogP contribution in [0.3, 0.4) is 0 Å². The van der Waals surface area contributed by atoms with Crippen LogP contribution in [-0.4, -0.2) is 23.6 Å². The summed E-state index contributed by atoms with van der Waals surface area (Å²) in [6, 6.07) is 11.2. The Labute approximate surface area is 153 Å². The predicted octanol–water partition coefficient (Wildman–Crippen LogP) is 1.06. The third-order valence-corrected chi connectivity index (χ3v) is 3.85.